The van der Waals surface area contributed by atoms with Gasteiger partial charge in [0.15, 0.2) is 0 Å². The van der Waals surface area contributed by atoms with Crippen LogP contribution >= 0.6 is 0 Å². The van der Waals surface area contributed by atoms with Crippen molar-refractivity contribution in [1.29, 1.82) is 0 Å². The first-order valence-corrected chi connectivity index (χ1v) is 6.54. The summed E-state index contributed by atoms with van der Waals surface area (Å²) in [6.07, 6.45) is -0.978. The van der Waals surface area contributed by atoms with Gasteiger partial charge in [0.05, 0.1) is 6.54 Å². The second kappa shape index (κ2) is 4.51. The van der Waals surface area contributed by atoms with E-state index < -0.39 is 12.7 Å². The lowest BCUT2D eigenvalue weighted by atomic mass is 9.89. The Morgan fingerprint density at radius 2 is 1.89 bits per heavy atom. The highest BCUT2D eigenvalue weighted by molar-refractivity contribution is 5.88. The molecule has 2 nitrogen and oxygen atoms in total. The lowest BCUT2D eigenvalue weighted by molar-refractivity contribution is -0.150. The fourth-order valence-corrected chi connectivity index (χ4v) is 2.81. The molecule has 0 aliphatic heterocycles. The van der Waals surface area contributed by atoms with E-state index in [9.17, 15) is 18.0 Å². The Hall–Kier alpha value is -0.580. The molecule has 2 fully saturated rings. The minimum absolute atomic E-state index is 0.0446. The summed E-state index contributed by atoms with van der Waals surface area (Å²) in [5.41, 5.74) is -0.349. The van der Waals surface area contributed by atoms with Crippen LogP contribution in [-0.4, -0.2) is 36.0 Å². The Morgan fingerprint density at radius 3 is 2.28 bits per heavy atom. The standard InChI is InChI=1S/C13H20F3NO/c1-12(2)6-5-9(11(12)18)7-17(10-3-4-10)8-13(14,15)16/h9-10H,3-8H2,1-2H3. The number of rotatable bonds is 4. The van der Waals surface area contributed by atoms with Gasteiger partial charge in [-0.3, -0.25) is 9.69 Å². The van der Waals surface area contributed by atoms with Gasteiger partial charge in [-0.1, -0.05) is 13.8 Å². The van der Waals surface area contributed by atoms with Gasteiger partial charge in [-0.15, -0.1) is 0 Å². The summed E-state index contributed by atoms with van der Waals surface area (Å²) in [4.78, 5) is 13.5. The van der Waals surface area contributed by atoms with E-state index in [0.29, 0.717) is 0 Å². The Morgan fingerprint density at radius 1 is 1.28 bits per heavy atom. The molecule has 2 aliphatic carbocycles. The first-order chi connectivity index (χ1) is 8.19. The molecule has 0 N–H and O–H groups in total. The topological polar surface area (TPSA) is 20.3 Å². The number of carbonyl (C=O) groups excluding carboxylic acids is 1. The molecule has 0 bridgehead atoms. The van der Waals surface area contributed by atoms with E-state index in [1.165, 1.54) is 4.90 Å². The molecule has 18 heavy (non-hydrogen) atoms. The Balaban J connectivity index is 1.96. The predicted molar refractivity (Wildman–Crippen MR) is 62.2 cm³/mol. The van der Waals surface area contributed by atoms with Crippen LogP contribution in [0.5, 0.6) is 0 Å². The van der Waals surface area contributed by atoms with Crippen LogP contribution in [0, 0.1) is 11.3 Å². The third-order valence-electron chi connectivity index (χ3n) is 4.06. The molecule has 0 saturated heterocycles. The van der Waals surface area contributed by atoms with Crippen molar-refractivity contribution in [1.82, 2.24) is 4.90 Å². The van der Waals surface area contributed by atoms with Crippen LogP contribution in [-0.2, 0) is 4.79 Å². The molecule has 0 radical (unpaired) electrons. The second-order valence-electron chi connectivity index (χ2n) is 6.26. The van der Waals surface area contributed by atoms with Crippen molar-refractivity contribution in [3.63, 3.8) is 0 Å². The van der Waals surface area contributed by atoms with E-state index in [1.54, 1.807) is 0 Å². The molecular formula is C13H20F3NO. The van der Waals surface area contributed by atoms with Gasteiger partial charge in [0.25, 0.3) is 0 Å². The summed E-state index contributed by atoms with van der Waals surface area (Å²) in [5, 5.41) is 0. The van der Waals surface area contributed by atoms with Gasteiger partial charge in [-0.2, -0.15) is 13.2 Å². The van der Waals surface area contributed by atoms with E-state index in [4.69, 9.17) is 0 Å². The Kier molecular flexibility index (Phi) is 3.47. The van der Waals surface area contributed by atoms with E-state index >= 15 is 0 Å². The molecule has 0 amide bonds. The molecule has 2 rings (SSSR count). The number of halogens is 3. The van der Waals surface area contributed by atoms with Crippen molar-refractivity contribution in [2.75, 3.05) is 13.1 Å². The largest absolute Gasteiger partial charge is 0.401 e. The van der Waals surface area contributed by atoms with Crippen molar-refractivity contribution in [3.8, 4) is 0 Å². The van der Waals surface area contributed by atoms with Crippen molar-refractivity contribution >= 4 is 5.78 Å². The SMILES string of the molecule is CC1(C)CCC(CN(CC(F)(F)F)C2CC2)C1=O. The average molecular weight is 263 g/mol. The Bertz CT molecular complexity index is 334. The number of hydrogen-bond acceptors (Lipinski definition) is 2. The first-order valence-electron chi connectivity index (χ1n) is 6.54. The summed E-state index contributed by atoms with van der Waals surface area (Å²) >= 11 is 0. The molecule has 0 aromatic rings. The maximum atomic E-state index is 12.5. The van der Waals surface area contributed by atoms with Crippen molar-refractivity contribution in [2.24, 2.45) is 11.3 Å². The molecule has 0 aromatic carbocycles. The summed E-state index contributed by atoms with van der Waals surface area (Å²) in [7, 11) is 0. The minimum atomic E-state index is -4.17. The second-order valence-corrected chi connectivity index (χ2v) is 6.26. The zero-order valence-corrected chi connectivity index (χ0v) is 10.9. The van der Waals surface area contributed by atoms with Gasteiger partial charge in [0, 0.05) is 23.9 Å². The van der Waals surface area contributed by atoms with Crippen LogP contribution in [0.1, 0.15) is 39.5 Å². The molecule has 1 unspecified atom stereocenters. The molecule has 0 heterocycles. The third kappa shape index (κ3) is 3.25. The molecule has 2 saturated carbocycles. The fourth-order valence-electron chi connectivity index (χ4n) is 2.81. The van der Waals surface area contributed by atoms with Crippen LogP contribution in [0.15, 0.2) is 0 Å². The van der Waals surface area contributed by atoms with E-state index in [0.717, 1.165) is 25.7 Å². The van der Waals surface area contributed by atoms with Crippen LogP contribution in [0.25, 0.3) is 0 Å². The summed E-state index contributed by atoms with van der Waals surface area (Å²) < 4.78 is 37.5. The molecule has 0 spiro atoms. The highest BCUT2D eigenvalue weighted by Crippen LogP contribution is 2.39. The van der Waals surface area contributed by atoms with Crippen molar-refractivity contribution in [3.05, 3.63) is 0 Å². The minimum Gasteiger partial charge on any atom is -0.299 e. The smallest absolute Gasteiger partial charge is 0.299 e. The van der Waals surface area contributed by atoms with Crippen LogP contribution in [0.3, 0.4) is 0 Å². The fraction of sp³-hybridized carbons (Fsp3) is 0.923. The van der Waals surface area contributed by atoms with Gasteiger partial charge in [-0.25, -0.2) is 0 Å². The van der Waals surface area contributed by atoms with Crippen LogP contribution in [0.4, 0.5) is 13.2 Å². The molecular weight excluding hydrogens is 243 g/mol. The average Bonchev–Trinajstić information content (AvgIpc) is 2.99. The normalized spacial score (nSPS) is 28.1. The summed E-state index contributed by atoms with van der Waals surface area (Å²) in [6.45, 7) is 3.19. The van der Waals surface area contributed by atoms with Gasteiger partial charge >= 0.3 is 6.18 Å². The predicted octanol–water partition coefficient (Wildman–Crippen LogP) is 3.02. The van der Waals surface area contributed by atoms with E-state index in [-0.39, 0.29) is 29.7 Å². The number of hydrogen-bond donors (Lipinski definition) is 0. The van der Waals surface area contributed by atoms with E-state index in [1.807, 2.05) is 13.8 Å². The maximum absolute atomic E-state index is 12.5. The highest BCUT2D eigenvalue weighted by Gasteiger charge is 2.44. The maximum Gasteiger partial charge on any atom is 0.401 e. The number of carbonyl (C=O) groups is 1. The first kappa shape index (κ1) is 13.8. The lowest BCUT2D eigenvalue weighted by Crippen LogP contribution is -2.40. The molecule has 104 valence electrons. The van der Waals surface area contributed by atoms with Gasteiger partial charge in [0.1, 0.15) is 5.78 Å². The zero-order valence-electron chi connectivity index (χ0n) is 10.9. The zero-order chi connectivity index (χ0) is 13.6. The molecule has 5 heteroatoms. The van der Waals surface area contributed by atoms with Crippen LogP contribution < -0.4 is 0 Å². The van der Waals surface area contributed by atoms with Crippen molar-refractivity contribution < 1.29 is 18.0 Å². The number of Topliss-reactive ketones (excluding diaryl/α,β-unsaturated/α-hetero) is 1. The summed E-state index contributed by atoms with van der Waals surface area (Å²) in [6, 6.07) is 0.0446. The number of nitrogens with zero attached hydrogens (tertiary/aromatic N) is 1. The Labute approximate surface area is 106 Å². The quantitative estimate of drug-likeness (QED) is 0.777. The van der Waals surface area contributed by atoms with Gasteiger partial charge in [-0.05, 0) is 25.7 Å². The third-order valence-corrected chi connectivity index (χ3v) is 4.06. The lowest BCUT2D eigenvalue weighted by Gasteiger charge is -2.26. The van der Waals surface area contributed by atoms with Crippen molar-refractivity contribution in [2.45, 2.75) is 51.7 Å². The van der Waals surface area contributed by atoms with Gasteiger partial charge < -0.3 is 0 Å². The summed E-state index contributed by atoms with van der Waals surface area (Å²) in [5.74, 6) is -0.0710. The monoisotopic (exact) mass is 263 g/mol. The number of alkyl halides is 3. The van der Waals surface area contributed by atoms with Gasteiger partial charge in [0.2, 0.25) is 0 Å². The van der Waals surface area contributed by atoms with Crippen LogP contribution in [0.2, 0.25) is 0 Å². The highest BCUT2D eigenvalue weighted by atomic mass is 19.4. The molecule has 0 aromatic heterocycles. The molecule has 1 atom stereocenters. The number of ketones is 1. The van der Waals surface area contributed by atoms with E-state index in [2.05, 4.69) is 0 Å². The molecule has 2 aliphatic rings.